The molecule has 0 fully saturated rings. The molecule has 0 aliphatic carbocycles. The molecule has 224 valence electrons. The van der Waals surface area contributed by atoms with Crippen molar-refractivity contribution in [2.75, 3.05) is 0 Å². The number of aliphatic carboxylic acids is 1. The lowest BCUT2D eigenvalue weighted by Gasteiger charge is -2.18. The van der Waals surface area contributed by atoms with E-state index in [4.69, 9.17) is 9.84 Å². The zero-order valence-corrected chi connectivity index (χ0v) is 25.5. The summed E-state index contributed by atoms with van der Waals surface area (Å²) in [5.41, 5.74) is 0. The highest BCUT2D eigenvalue weighted by atomic mass is 16.5. The van der Waals surface area contributed by atoms with Crippen LogP contribution in [0, 0.1) is 0 Å². The largest absolute Gasteiger partial charge is 0.481 e. The molecular formula is C34H64O4. The molecule has 4 heteroatoms. The van der Waals surface area contributed by atoms with Gasteiger partial charge in [-0.2, -0.15) is 0 Å². The Bertz CT molecular complexity index is 543. The molecule has 0 aromatic heterocycles. The standard InChI is InChI=1S/C34H64O4/c1-3-5-7-9-11-13-15-17-20-24-28-32(29-25-21-19-22-26-30-33(35)36)38-34(37)31-27-23-18-16-14-12-10-8-6-4-2/h8,10,32H,3-7,9,11-31H2,1-2H3,(H,35,36)/b10-8-. The van der Waals surface area contributed by atoms with Crippen molar-refractivity contribution in [3.8, 4) is 0 Å². The van der Waals surface area contributed by atoms with Crippen LogP contribution in [-0.4, -0.2) is 23.1 Å². The lowest BCUT2D eigenvalue weighted by molar-refractivity contribution is -0.150. The average Bonchev–Trinajstić information content (AvgIpc) is 2.89. The maximum Gasteiger partial charge on any atom is 0.306 e. The van der Waals surface area contributed by atoms with E-state index in [2.05, 4.69) is 26.0 Å². The van der Waals surface area contributed by atoms with Crippen LogP contribution in [0.1, 0.15) is 187 Å². The van der Waals surface area contributed by atoms with E-state index >= 15 is 0 Å². The summed E-state index contributed by atoms with van der Waals surface area (Å²) in [4.78, 5) is 23.2. The third-order valence-electron chi connectivity index (χ3n) is 7.47. The van der Waals surface area contributed by atoms with Gasteiger partial charge in [-0.1, -0.05) is 129 Å². The van der Waals surface area contributed by atoms with Crippen molar-refractivity contribution in [1.29, 1.82) is 0 Å². The summed E-state index contributed by atoms with van der Waals surface area (Å²) in [6.45, 7) is 4.48. The van der Waals surface area contributed by atoms with E-state index in [1.165, 1.54) is 96.3 Å². The van der Waals surface area contributed by atoms with Crippen LogP contribution >= 0.6 is 0 Å². The number of esters is 1. The lowest BCUT2D eigenvalue weighted by Crippen LogP contribution is -2.18. The van der Waals surface area contributed by atoms with E-state index in [0.29, 0.717) is 6.42 Å². The van der Waals surface area contributed by atoms with Crippen LogP contribution in [0.25, 0.3) is 0 Å². The predicted octanol–water partition coefficient (Wildman–Crippen LogP) is 11.1. The Morgan fingerprint density at radius 1 is 0.553 bits per heavy atom. The fourth-order valence-electron chi connectivity index (χ4n) is 5.01. The molecule has 0 aromatic carbocycles. The first-order valence-electron chi connectivity index (χ1n) is 16.7. The van der Waals surface area contributed by atoms with E-state index in [1.807, 2.05) is 0 Å². The van der Waals surface area contributed by atoms with Gasteiger partial charge < -0.3 is 9.84 Å². The number of carboxylic acid groups (broad SMARTS) is 1. The van der Waals surface area contributed by atoms with Gasteiger partial charge in [-0.25, -0.2) is 0 Å². The number of unbranched alkanes of at least 4 members (excludes halogenated alkanes) is 19. The minimum absolute atomic E-state index is 0.00830. The summed E-state index contributed by atoms with van der Waals surface area (Å²) in [7, 11) is 0. The molecule has 0 radical (unpaired) electrons. The van der Waals surface area contributed by atoms with Gasteiger partial charge in [-0.15, -0.1) is 0 Å². The number of carbonyl (C=O) groups is 2. The number of rotatable bonds is 30. The van der Waals surface area contributed by atoms with Crippen molar-refractivity contribution in [3.05, 3.63) is 12.2 Å². The van der Waals surface area contributed by atoms with Crippen molar-refractivity contribution in [2.24, 2.45) is 0 Å². The molecule has 1 unspecified atom stereocenters. The van der Waals surface area contributed by atoms with Gasteiger partial charge in [0.15, 0.2) is 0 Å². The molecule has 0 saturated heterocycles. The van der Waals surface area contributed by atoms with E-state index in [1.54, 1.807) is 0 Å². The first kappa shape index (κ1) is 36.7. The van der Waals surface area contributed by atoms with Crippen LogP contribution in [-0.2, 0) is 14.3 Å². The Labute approximate surface area is 236 Å². The molecule has 0 bridgehead atoms. The molecule has 0 amide bonds. The van der Waals surface area contributed by atoms with E-state index in [0.717, 1.165) is 64.2 Å². The van der Waals surface area contributed by atoms with Gasteiger partial charge in [-0.05, 0) is 57.8 Å². The van der Waals surface area contributed by atoms with Gasteiger partial charge in [0.1, 0.15) is 6.10 Å². The first-order chi connectivity index (χ1) is 18.6. The Hall–Kier alpha value is -1.32. The van der Waals surface area contributed by atoms with E-state index < -0.39 is 5.97 Å². The maximum atomic E-state index is 12.5. The molecular weight excluding hydrogens is 472 g/mol. The molecule has 0 saturated carbocycles. The third kappa shape index (κ3) is 29.2. The fourth-order valence-corrected chi connectivity index (χ4v) is 5.01. The van der Waals surface area contributed by atoms with Crippen molar-refractivity contribution >= 4 is 11.9 Å². The van der Waals surface area contributed by atoms with Gasteiger partial charge in [0.25, 0.3) is 0 Å². The van der Waals surface area contributed by atoms with Gasteiger partial charge in [-0.3, -0.25) is 9.59 Å². The van der Waals surface area contributed by atoms with Crippen LogP contribution in [0.5, 0.6) is 0 Å². The highest BCUT2D eigenvalue weighted by Gasteiger charge is 2.14. The number of hydrogen-bond donors (Lipinski definition) is 1. The number of hydrogen-bond acceptors (Lipinski definition) is 3. The molecule has 0 spiro atoms. The van der Waals surface area contributed by atoms with Crippen LogP contribution in [0.15, 0.2) is 12.2 Å². The number of carbonyl (C=O) groups excluding carboxylic acids is 1. The second-order valence-electron chi connectivity index (χ2n) is 11.3. The summed E-state index contributed by atoms with van der Waals surface area (Å²) in [6.07, 6.45) is 35.0. The van der Waals surface area contributed by atoms with Crippen LogP contribution in [0.4, 0.5) is 0 Å². The molecule has 0 rings (SSSR count). The second kappa shape index (κ2) is 30.2. The van der Waals surface area contributed by atoms with Gasteiger partial charge in [0, 0.05) is 12.8 Å². The normalized spacial score (nSPS) is 12.3. The highest BCUT2D eigenvalue weighted by molar-refractivity contribution is 5.69. The van der Waals surface area contributed by atoms with Gasteiger partial charge in [0.05, 0.1) is 0 Å². The monoisotopic (exact) mass is 536 g/mol. The Kier molecular flexibility index (Phi) is 29.2. The summed E-state index contributed by atoms with van der Waals surface area (Å²) in [5.74, 6) is -0.709. The van der Waals surface area contributed by atoms with Gasteiger partial charge in [0.2, 0.25) is 0 Å². The fraction of sp³-hybridized carbons (Fsp3) is 0.882. The summed E-state index contributed by atoms with van der Waals surface area (Å²) in [6, 6.07) is 0. The van der Waals surface area contributed by atoms with E-state index in [-0.39, 0.29) is 18.5 Å². The zero-order chi connectivity index (χ0) is 27.9. The predicted molar refractivity (Wildman–Crippen MR) is 163 cm³/mol. The highest BCUT2D eigenvalue weighted by Crippen LogP contribution is 2.19. The van der Waals surface area contributed by atoms with Crippen molar-refractivity contribution in [1.82, 2.24) is 0 Å². The lowest BCUT2D eigenvalue weighted by atomic mass is 10.0. The number of allylic oxidation sites excluding steroid dienone is 2. The molecule has 38 heavy (non-hydrogen) atoms. The minimum Gasteiger partial charge on any atom is -0.481 e. The quantitative estimate of drug-likeness (QED) is 0.0563. The van der Waals surface area contributed by atoms with Crippen molar-refractivity contribution in [2.45, 2.75) is 193 Å². The summed E-state index contributed by atoms with van der Waals surface area (Å²) in [5, 5.41) is 8.77. The zero-order valence-electron chi connectivity index (χ0n) is 25.5. The maximum absolute atomic E-state index is 12.5. The Morgan fingerprint density at radius 3 is 1.53 bits per heavy atom. The molecule has 1 atom stereocenters. The van der Waals surface area contributed by atoms with Gasteiger partial charge >= 0.3 is 11.9 Å². The number of ether oxygens (including phenoxy) is 1. The van der Waals surface area contributed by atoms with Crippen LogP contribution in [0.2, 0.25) is 0 Å². The second-order valence-corrected chi connectivity index (χ2v) is 11.3. The smallest absolute Gasteiger partial charge is 0.306 e. The first-order valence-corrected chi connectivity index (χ1v) is 16.7. The van der Waals surface area contributed by atoms with Crippen LogP contribution in [0.3, 0.4) is 0 Å². The third-order valence-corrected chi connectivity index (χ3v) is 7.47. The summed E-state index contributed by atoms with van der Waals surface area (Å²) < 4.78 is 5.95. The topological polar surface area (TPSA) is 63.6 Å². The van der Waals surface area contributed by atoms with Crippen molar-refractivity contribution < 1.29 is 19.4 Å². The minimum atomic E-state index is -0.701. The summed E-state index contributed by atoms with van der Waals surface area (Å²) >= 11 is 0. The number of carboxylic acids is 1. The Balaban J connectivity index is 4.07. The Morgan fingerprint density at radius 2 is 1.00 bits per heavy atom. The molecule has 1 N–H and O–H groups in total. The molecule has 0 aromatic rings. The van der Waals surface area contributed by atoms with E-state index in [9.17, 15) is 9.59 Å². The molecule has 0 aliphatic rings. The molecule has 0 heterocycles. The average molecular weight is 537 g/mol. The molecule has 4 nitrogen and oxygen atoms in total. The van der Waals surface area contributed by atoms with Crippen LogP contribution < -0.4 is 0 Å². The van der Waals surface area contributed by atoms with Crippen molar-refractivity contribution in [3.63, 3.8) is 0 Å². The molecule has 0 aliphatic heterocycles. The SMILES string of the molecule is CCC/C=C\CCCCCCCC(=O)OC(CCCCCCCCCCCC)CCCCCCCC(=O)O.